The van der Waals surface area contributed by atoms with Crippen LogP contribution >= 0.6 is 0 Å². The van der Waals surface area contributed by atoms with Crippen molar-refractivity contribution in [1.29, 1.82) is 0 Å². The highest BCUT2D eigenvalue weighted by Crippen LogP contribution is 2.26. The van der Waals surface area contributed by atoms with Gasteiger partial charge in [0.15, 0.2) is 0 Å². The van der Waals surface area contributed by atoms with Gasteiger partial charge >= 0.3 is 0 Å². The van der Waals surface area contributed by atoms with Gasteiger partial charge in [0.2, 0.25) is 0 Å². The van der Waals surface area contributed by atoms with Crippen molar-refractivity contribution in [2.24, 2.45) is 5.92 Å². The molecule has 2 N–H and O–H groups in total. The molecule has 19 heavy (non-hydrogen) atoms. The second kappa shape index (κ2) is 6.60. The molecule has 0 radical (unpaired) electrons. The lowest BCUT2D eigenvalue weighted by Gasteiger charge is -2.27. The summed E-state index contributed by atoms with van der Waals surface area (Å²) in [6, 6.07) is 8.35. The van der Waals surface area contributed by atoms with E-state index in [-0.39, 0.29) is 5.91 Å². The van der Waals surface area contributed by atoms with Crippen molar-refractivity contribution in [3.05, 3.63) is 29.8 Å². The Morgan fingerprint density at radius 1 is 1.26 bits per heavy atom. The van der Waals surface area contributed by atoms with Crippen molar-refractivity contribution >= 4 is 11.6 Å². The van der Waals surface area contributed by atoms with Crippen LogP contribution in [0.2, 0.25) is 0 Å². The first-order chi connectivity index (χ1) is 9.19. The maximum atomic E-state index is 11.8. The minimum atomic E-state index is 0.00316. The third-order valence-electron chi connectivity index (χ3n) is 3.85. The smallest absolute Gasteiger partial charge is 0.251 e. The van der Waals surface area contributed by atoms with Crippen LogP contribution in [0.25, 0.3) is 0 Å². The zero-order valence-corrected chi connectivity index (χ0v) is 11.9. The Hall–Kier alpha value is -1.51. The van der Waals surface area contributed by atoms with E-state index < -0.39 is 0 Å². The Labute approximate surface area is 115 Å². The minimum Gasteiger partial charge on any atom is -0.382 e. The molecule has 3 heteroatoms. The van der Waals surface area contributed by atoms with Crippen LogP contribution in [0, 0.1) is 5.92 Å². The quantitative estimate of drug-likeness (QED) is 0.871. The van der Waals surface area contributed by atoms with Gasteiger partial charge in [-0.05, 0) is 56.7 Å². The van der Waals surface area contributed by atoms with Gasteiger partial charge in [0.1, 0.15) is 0 Å². The van der Waals surface area contributed by atoms with E-state index in [1.165, 1.54) is 25.7 Å². The normalized spacial score (nSPS) is 22.8. The van der Waals surface area contributed by atoms with Crippen LogP contribution in [-0.2, 0) is 0 Å². The van der Waals surface area contributed by atoms with E-state index in [1.807, 2.05) is 31.2 Å². The molecule has 104 valence electrons. The van der Waals surface area contributed by atoms with E-state index in [1.54, 1.807) is 0 Å². The van der Waals surface area contributed by atoms with Gasteiger partial charge in [-0.25, -0.2) is 0 Å². The fourth-order valence-electron chi connectivity index (χ4n) is 2.65. The number of anilines is 1. The van der Waals surface area contributed by atoms with Crippen LogP contribution in [0.5, 0.6) is 0 Å². The lowest BCUT2D eigenvalue weighted by atomic mass is 9.87. The van der Waals surface area contributed by atoms with E-state index >= 15 is 0 Å². The molecule has 1 aromatic rings. The van der Waals surface area contributed by atoms with Gasteiger partial charge in [0, 0.05) is 23.8 Å². The number of benzene rings is 1. The second-order valence-electron chi connectivity index (χ2n) is 5.54. The molecule has 3 nitrogen and oxygen atoms in total. The highest BCUT2D eigenvalue weighted by atomic mass is 16.1. The summed E-state index contributed by atoms with van der Waals surface area (Å²) in [6.07, 6.45) is 5.06. The molecule has 0 unspecified atom stereocenters. The molecule has 0 atom stereocenters. The Balaban J connectivity index is 1.97. The van der Waals surface area contributed by atoms with Crippen molar-refractivity contribution < 1.29 is 4.79 Å². The number of rotatable bonds is 4. The number of amides is 1. The molecule has 0 aliphatic heterocycles. The largest absolute Gasteiger partial charge is 0.382 e. The summed E-state index contributed by atoms with van der Waals surface area (Å²) < 4.78 is 0. The number of carbonyl (C=O) groups is 1. The van der Waals surface area contributed by atoms with Crippen LogP contribution in [0.3, 0.4) is 0 Å². The van der Waals surface area contributed by atoms with E-state index in [4.69, 9.17) is 0 Å². The van der Waals surface area contributed by atoms with Crippen LogP contribution in [0.4, 0.5) is 5.69 Å². The van der Waals surface area contributed by atoms with Crippen LogP contribution in [0.15, 0.2) is 24.3 Å². The molecule has 0 heterocycles. The van der Waals surface area contributed by atoms with Gasteiger partial charge in [-0.3, -0.25) is 4.79 Å². The summed E-state index contributed by atoms with van der Waals surface area (Å²) in [4.78, 5) is 11.8. The molecule has 1 aliphatic carbocycles. The molecule has 0 bridgehead atoms. The minimum absolute atomic E-state index is 0.00316. The Kier molecular flexibility index (Phi) is 4.83. The highest BCUT2D eigenvalue weighted by Gasteiger charge is 2.18. The van der Waals surface area contributed by atoms with Crippen molar-refractivity contribution in [3.8, 4) is 0 Å². The average molecular weight is 260 g/mol. The molecule has 1 amide bonds. The lowest BCUT2D eigenvalue weighted by molar-refractivity contribution is 0.0956. The van der Waals surface area contributed by atoms with Crippen molar-refractivity contribution in [2.75, 3.05) is 11.9 Å². The summed E-state index contributed by atoms with van der Waals surface area (Å²) in [5.74, 6) is 0.864. The first-order valence-corrected chi connectivity index (χ1v) is 7.34. The molecule has 1 fully saturated rings. The van der Waals surface area contributed by atoms with E-state index in [9.17, 15) is 4.79 Å². The van der Waals surface area contributed by atoms with Gasteiger partial charge in [-0.15, -0.1) is 0 Å². The highest BCUT2D eigenvalue weighted by molar-refractivity contribution is 5.95. The second-order valence-corrected chi connectivity index (χ2v) is 5.54. The summed E-state index contributed by atoms with van der Waals surface area (Å²) in [7, 11) is 0. The van der Waals surface area contributed by atoms with E-state index in [0.717, 1.165) is 17.2 Å². The third kappa shape index (κ3) is 3.98. The van der Waals surface area contributed by atoms with Crippen molar-refractivity contribution in [2.45, 2.75) is 45.6 Å². The maximum absolute atomic E-state index is 11.8. The zero-order valence-electron chi connectivity index (χ0n) is 11.9. The van der Waals surface area contributed by atoms with E-state index in [0.29, 0.717) is 12.6 Å². The first-order valence-electron chi connectivity index (χ1n) is 7.34. The molecule has 0 spiro atoms. The predicted molar refractivity (Wildman–Crippen MR) is 79.5 cm³/mol. The predicted octanol–water partition coefficient (Wildman–Crippen LogP) is 3.43. The van der Waals surface area contributed by atoms with Crippen LogP contribution in [0.1, 0.15) is 49.9 Å². The molecule has 0 saturated heterocycles. The Morgan fingerprint density at radius 2 is 2.00 bits per heavy atom. The summed E-state index contributed by atoms with van der Waals surface area (Å²) in [5, 5.41) is 6.39. The molecular formula is C16H24N2O. The lowest BCUT2D eigenvalue weighted by Crippen LogP contribution is -2.26. The third-order valence-corrected chi connectivity index (χ3v) is 3.85. The van der Waals surface area contributed by atoms with Gasteiger partial charge in [-0.2, -0.15) is 0 Å². The van der Waals surface area contributed by atoms with Gasteiger partial charge in [0.05, 0.1) is 0 Å². The van der Waals surface area contributed by atoms with Gasteiger partial charge in [0.25, 0.3) is 5.91 Å². The van der Waals surface area contributed by atoms with Crippen molar-refractivity contribution in [3.63, 3.8) is 0 Å². The van der Waals surface area contributed by atoms with Crippen LogP contribution < -0.4 is 10.6 Å². The molecule has 0 aromatic heterocycles. The summed E-state index contributed by atoms with van der Waals surface area (Å²) in [6.45, 7) is 4.92. The first kappa shape index (κ1) is 13.9. The van der Waals surface area contributed by atoms with Crippen molar-refractivity contribution in [1.82, 2.24) is 5.32 Å². The fourth-order valence-corrected chi connectivity index (χ4v) is 2.65. The maximum Gasteiger partial charge on any atom is 0.251 e. The van der Waals surface area contributed by atoms with Gasteiger partial charge < -0.3 is 10.6 Å². The number of hydrogen-bond donors (Lipinski definition) is 2. The standard InChI is InChI=1S/C16H24N2O/c1-3-17-16(19)13-5-4-6-15(11-13)18-14-9-7-12(2)8-10-14/h4-6,11-12,14,18H,3,7-10H2,1-2H3,(H,17,19). The monoisotopic (exact) mass is 260 g/mol. The Bertz CT molecular complexity index is 423. The average Bonchev–Trinajstić information content (AvgIpc) is 2.42. The SMILES string of the molecule is CCNC(=O)c1cccc(NC2CCC(C)CC2)c1. The molecule has 2 rings (SSSR count). The molecule has 1 saturated carbocycles. The zero-order chi connectivity index (χ0) is 13.7. The molecule has 1 aliphatic rings. The summed E-state index contributed by atoms with van der Waals surface area (Å²) in [5.41, 5.74) is 1.79. The number of nitrogens with one attached hydrogen (secondary N) is 2. The van der Waals surface area contributed by atoms with E-state index in [2.05, 4.69) is 17.6 Å². The summed E-state index contributed by atoms with van der Waals surface area (Å²) >= 11 is 0. The topological polar surface area (TPSA) is 41.1 Å². The van der Waals surface area contributed by atoms with Gasteiger partial charge in [-0.1, -0.05) is 13.0 Å². The molecular weight excluding hydrogens is 236 g/mol. The number of hydrogen-bond acceptors (Lipinski definition) is 2. The fraction of sp³-hybridized carbons (Fsp3) is 0.562. The molecule has 1 aromatic carbocycles. The Morgan fingerprint density at radius 3 is 2.68 bits per heavy atom. The number of carbonyl (C=O) groups excluding carboxylic acids is 1. The van der Waals surface area contributed by atoms with Crippen LogP contribution in [-0.4, -0.2) is 18.5 Å².